The first kappa shape index (κ1) is 7.94. The van der Waals surface area contributed by atoms with Gasteiger partial charge in [-0.3, -0.25) is 4.90 Å². The molecule has 10 heavy (non-hydrogen) atoms. The van der Waals surface area contributed by atoms with Crippen molar-refractivity contribution in [3.05, 3.63) is 0 Å². The van der Waals surface area contributed by atoms with Crippen LogP contribution in [0.25, 0.3) is 0 Å². The quantitative estimate of drug-likeness (QED) is 0.392. The molecule has 1 rings (SSSR count). The minimum Gasteiger partial charge on any atom is -0.390 e. The van der Waals surface area contributed by atoms with Crippen LogP contribution in [0, 0.1) is 0 Å². The summed E-state index contributed by atoms with van der Waals surface area (Å²) >= 11 is 0. The second-order valence-electron chi connectivity index (χ2n) is 2.64. The van der Waals surface area contributed by atoms with Gasteiger partial charge >= 0.3 is 0 Å². The van der Waals surface area contributed by atoms with Crippen molar-refractivity contribution in [2.24, 2.45) is 5.90 Å². The van der Waals surface area contributed by atoms with Gasteiger partial charge in [-0.15, -0.1) is 0 Å². The molecule has 60 valence electrons. The Kier molecular flexibility index (Phi) is 3.08. The topological polar surface area (TPSA) is 58.7 Å². The summed E-state index contributed by atoms with van der Waals surface area (Å²) < 4.78 is 0. The Morgan fingerprint density at radius 1 is 1.60 bits per heavy atom. The summed E-state index contributed by atoms with van der Waals surface area (Å²) in [6.45, 7) is 3.20. The lowest BCUT2D eigenvalue weighted by atomic mass is 10.1. The van der Waals surface area contributed by atoms with Crippen molar-refractivity contribution in [1.29, 1.82) is 0 Å². The van der Waals surface area contributed by atoms with Gasteiger partial charge in [-0.2, -0.15) is 0 Å². The molecule has 0 unspecified atom stereocenters. The van der Waals surface area contributed by atoms with Gasteiger partial charge in [0.25, 0.3) is 0 Å². The molecule has 4 nitrogen and oxygen atoms in total. The van der Waals surface area contributed by atoms with Gasteiger partial charge in [0.05, 0.1) is 12.7 Å². The number of nitrogens with zero attached hydrogens (tertiary/aromatic N) is 1. The highest BCUT2D eigenvalue weighted by Crippen LogP contribution is 2.06. The van der Waals surface area contributed by atoms with Crippen molar-refractivity contribution < 1.29 is 9.94 Å². The van der Waals surface area contributed by atoms with Crippen LogP contribution in [0.4, 0.5) is 0 Å². The number of nitrogens with two attached hydrogens (primary N) is 1. The van der Waals surface area contributed by atoms with Gasteiger partial charge < -0.3 is 9.94 Å². The maximum absolute atomic E-state index is 8.88. The minimum absolute atomic E-state index is 0.0983. The van der Waals surface area contributed by atoms with Gasteiger partial charge in [0.15, 0.2) is 0 Å². The van der Waals surface area contributed by atoms with Crippen molar-refractivity contribution in [1.82, 2.24) is 4.90 Å². The fourth-order valence-electron chi connectivity index (χ4n) is 1.10. The smallest absolute Gasteiger partial charge is 0.0793 e. The SMILES string of the molecule is NOCCCN1CC(O)C1. The summed E-state index contributed by atoms with van der Waals surface area (Å²) in [5, 5.41) is 8.88. The first-order valence-corrected chi connectivity index (χ1v) is 3.55. The average Bonchev–Trinajstić information content (AvgIpc) is 1.85. The summed E-state index contributed by atoms with van der Waals surface area (Å²) in [7, 11) is 0. The Morgan fingerprint density at radius 2 is 2.30 bits per heavy atom. The third kappa shape index (κ3) is 2.22. The number of hydrogen-bond donors (Lipinski definition) is 2. The molecule has 0 spiro atoms. The van der Waals surface area contributed by atoms with Crippen LogP contribution in [0.2, 0.25) is 0 Å². The van der Waals surface area contributed by atoms with E-state index in [9.17, 15) is 0 Å². The monoisotopic (exact) mass is 146 g/mol. The van der Waals surface area contributed by atoms with Crippen LogP contribution in [-0.4, -0.2) is 42.4 Å². The number of aliphatic hydroxyl groups excluding tert-OH is 1. The molecule has 0 bridgehead atoms. The van der Waals surface area contributed by atoms with Crippen molar-refractivity contribution in [3.8, 4) is 0 Å². The molecule has 0 aromatic rings. The van der Waals surface area contributed by atoms with Crippen molar-refractivity contribution in [2.75, 3.05) is 26.2 Å². The van der Waals surface area contributed by atoms with Crippen LogP contribution < -0.4 is 5.90 Å². The minimum atomic E-state index is -0.0983. The van der Waals surface area contributed by atoms with Gasteiger partial charge in [0.2, 0.25) is 0 Å². The highest BCUT2D eigenvalue weighted by Gasteiger charge is 2.22. The Bertz CT molecular complexity index is 93.7. The highest BCUT2D eigenvalue weighted by atomic mass is 16.6. The van der Waals surface area contributed by atoms with Gasteiger partial charge in [-0.1, -0.05) is 0 Å². The lowest BCUT2D eigenvalue weighted by Gasteiger charge is -2.35. The number of rotatable bonds is 4. The number of hydrogen-bond acceptors (Lipinski definition) is 4. The Hall–Kier alpha value is -0.160. The van der Waals surface area contributed by atoms with E-state index in [1.165, 1.54) is 0 Å². The van der Waals surface area contributed by atoms with Gasteiger partial charge in [-0.25, -0.2) is 5.90 Å². The third-order valence-electron chi connectivity index (χ3n) is 1.67. The average molecular weight is 146 g/mol. The van der Waals surface area contributed by atoms with E-state index in [2.05, 4.69) is 9.74 Å². The zero-order chi connectivity index (χ0) is 7.40. The maximum Gasteiger partial charge on any atom is 0.0793 e. The van der Waals surface area contributed by atoms with E-state index in [1.807, 2.05) is 0 Å². The molecule has 0 radical (unpaired) electrons. The molecule has 0 amide bonds. The first-order chi connectivity index (χ1) is 4.83. The number of β-amino-alcohol motifs (C(OH)–C–C–N with tert-alkyl or cyclic N) is 1. The fourth-order valence-corrected chi connectivity index (χ4v) is 1.10. The molecule has 0 aromatic carbocycles. The van der Waals surface area contributed by atoms with Gasteiger partial charge in [0.1, 0.15) is 0 Å². The molecule has 1 saturated heterocycles. The molecule has 0 saturated carbocycles. The Balaban J connectivity index is 1.86. The van der Waals surface area contributed by atoms with Crippen molar-refractivity contribution >= 4 is 0 Å². The summed E-state index contributed by atoms with van der Waals surface area (Å²) in [6, 6.07) is 0. The maximum atomic E-state index is 8.88. The summed E-state index contributed by atoms with van der Waals surface area (Å²) in [5.74, 6) is 4.83. The summed E-state index contributed by atoms with van der Waals surface area (Å²) in [6.07, 6.45) is 0.849. The van der Waals surface area contributed by atoms with E-state index in [0.717, 1.165) is 26.1 Å². The van der Waals surface area contributed by atoms with Crippen molar-refractivity contribution in [2.45, 2.75) is 12.5 Å². The molecule has 0 atom stereocenters. The zero-order valence-corrected chi connectivity index (χ0v) is 5.99. The van der Waals surface area contributed by atoms with E-state index in [0.29, 0.717) is 6.61 Å². The van der Waals surface area contributed by atoms with Crippen LogP contribution >= 0.6 is 0 Å². The number of aliphatic hydroxyl groups is 1. The molecule has 4 heteroatoms. The van der Waals surface area contributed by atoms with E-state index in [4.69, 9.17) is 11.0 Å². The molecular formula is C6H14N2O2. The lowest BCUT2D eigenvalue weighted by Crippen LogP contribution is -2.50. The Morgan fingerprint density at radius 3 is 2.80 bits per heavy atom. The normalized spacial score (nSPS) is 21.0. The predicted octanol–water partition coefficient (Wildman–Crippen LogP) is -1.06. The molecule has 0 aliphatic carbocycles. The zero-order valence-electron chi connectivity index (χ0n) is 5.99. The second-order valence-corrected chi connectivity index (χ2v) is 2.64. The van der Waals surface area contributed by atoms with E-state index >= 15 is 0 Å². The third-order valence-corrected chi connectivity index (χ3v) is 1.67. The predicted molar refractivity (Wildman–Crippen MR) is 37.2 cm³/mol. The van der Waals surface area contributed by atoms with Crippen LogP contribution in [0.15, 0.2) is 0 Å². The largest absolute Gasteiger partial charge is 0.390 e. The first-order valence-electron chi connectivity index (χ1n) is 3.55. The van der Waals surface area contributed by atoms with Crippen molar-refractivity contribution in [3.63, 3.8) is 0 Å². The Labute approximate surface area is 60.5 Å². The summed E-state index contributed by atoms with van der Waals surface area (Å²) in [4.78, 5) is 6.57. The van der Waals surface area contributed by atoms with Gasteiger partial charge in [-0.05, 0) is 6.42 Å². The van der Waals surface area contributed by atoms with E-state index in [-0.39, 0.29) is 6.10 Å². The molecule has 1 fully saturated rings. The second kappa shape index (κ2) is 3.88. The van der Waals surface area contributed by atoms with Crippen LogP contribution in [-0.2, 0) is 4.84 Å². The van der Waals surface area contributed by atoms with Crippen LogP contribution in [0.5, 0.6) is 0 Å². The fraction of sp³-hybridized carbons (Fsp3) is 1.00. The highest BCUT2D eigenvalue weighted by molar-refractivity contribution is 4.77. The molecule has 1 heterocycles. The summed E-state index contributed by atoms with van der Waals surface area (Å²) in [5.41, 5.74) is 0. The molecule has 1 aliphatic heterocycles. The lowest BCUT2D eigenvalue weighted by molar-refractivity contribution is -0.00318. The molecule has 0 aromatic heterocycles. The van der Waals surface area contributed by atoms with Crippen LogP contribution in [0.1, 0.15) is 6.42 Å². The molecular weight excluding hydrogens is 132 g/mol. The van der Waals surface area contributed by atoms with E-state index < -0.39 is 0 Å². The van der Waals surface area contributed by atoms with Crippen LogP contribution in [0.3, 0.4) is 0 Å². The van der Waals surface area contributed by atoms with E-state index in [1.54, 1.807) is 0 Å². The standard InChI is InChI=1S/C6H14N2O2/c7-10-3-1-2-8-4-6(9)5-8/h6,9H,1-5,7H2. The molecule has 1 aliphatic rings. The van der Waals surface area contributed by atoms with Gasteiger partial charge in [0, 0.05) is 19.6 Å². The number of likely N-dealkylation sites (tertiary alicyclic amines) is 1. The molecule has 3 N–H and O–H groups in total.